The number of ketones is 1. The second-order valence-corrected chi connectivity index (χ2v) is 6.99. The Hall–Kier alpha value is -3.40. The smallest absolute Gasteiger partial charge is 0.338 e. The molecule has 0 aliphatic heterocycles. The number of nitrogens with zero attached hydrogens (tertiary/aromatic N) is 1. The topological polar surface area (TPSA) is 48.3 Å². The fourth-order valence-electron chi connectivity index (χ4n) is 3.29. The third kappa shape index (κ3) is 4.54. The van der Waals surface area contributed by atoms with Gasteiger partial charge in [-0.05, 0) is 75.7 Å². The van der Waals surface area contributed by atoms with Crippen molar-refractivity contribution in [1.29, 1.82) is 0 Å². The van der Waals surface area contributed by atoms with E-state index in [0.717, 1.165) is 28.2 Å². The van der Waals surface area contributed by atoms with Crippen LogP contribution in [0.5, 0.6) is 0 Å². The summed E-state index contributed by atoms with van der Waals surface area (Å²) >= 11 is 0. The van der Waals surface area contributed by atoms with Crippen molar-refractivity contribution in [1.82, 2.24) is 4.57 Å². The van der Waals surface area contributed by atoms with Gasteiger partial charge in [-0.1, -0.05) is 29.8 Å². The summed E-state index contributed by atoms with van der Waals surface area (Å²) < 4.78 is 7.14. The fourth-order valence-corrected chi connectivity index (χ4v) is 3.29. The predicted octanol–water partition coefficient (Wildman–Crippen LogP) is 5.48. The summed E-state index contributed by atoms with van der Waals surface area (Å²) in [5.74, 6) is -0.341. The number of aryl methyl sites for hydroxylation is 2. The van der Waals surface area contributed by atoms with Crippen molar-refractivity contribution in [2.45, 2.75) is 27.7 Å². The summed E-state index contributed by atoms with van der Waals surface area (Å²) in [7, 11) is 0. The molecular weight excluding hydrogens is 362 g/mol. The largest absolute Gasteiger partial charge is 0.462 e. The maximum Gasteiger partial charge on any atom is 0.338 e. The zero-order valence-corrected chi connectivity index (χ0v) is 17.2. The minimum Gasteiger partial charge on any atom is -0.462 e. The van der Waals surface area contributed by atoms with E-state index in [4.69, 9.17) is 4.74 Å². The summed E-state index contributed by atoms with van der Waals surface area (Å²) in [6.07, 6.45) is 3.47. The van der Waals surface area contributed by atoms with Crippen LogP contribution in [0.4, 0.5) is 0 Å². The third-order valence-electron chi connectivity index (χ3n) is 4.86. The van der Waals surface area contributed by atoms with Gasteiger partial charge in [0.2, 0.25) is 0 Å². The lowest BCUT2D eigenvalue weighted by Gasteiger charge is -2.10. The number of hydrogen-bond donors (Lipinski definition) is 0. The Labute approximate surface area is 171 Å². The molecule has 2 aromatic carbocycles. The maximum atomic E-state index is 12.4. The molecule has 29 heavy (non-hydrogen) atoms. The van der Waals surface area contributed by atoms with E-state index in [2.05, 4.69) is 4.57 Å². The van der Waals surface area contributed by atoms with E-state index in [1.165, 1.54) is 0 Å². The molecule has 0 saturated carbocycles. The number of hydrogen-bond acceptors (Lipinski definition) is 3. The first-order chi connectivity index (χ1) is 13.9. The van der Waals surface area contributed by atoms with E-state index >= 15 is 0 Å². The van der Waals surface area contributed by atoms with Crippen LogP contribution >= 0.6 is 0 Å². The average Bonchev–Trinajstić information content (AvgIpc) is 3.00. The SMILES string of the molecule is CCOC(=O)c1ccc(-n2c(C)cc(/C=C/C(=O)c3ccc(C)cc3)c2C)cc1. The van der Waals surface area contributed by atoms with E-state index in [1.54, 1.807) is 25.1 Å². The Morgan fingerprint density at radius 2 is 1.55 bits per heavy atom. The number of aromatic nitrogens is 1. The van der Waals surface area contributed by atoms with Gasteiger partial charge in [0.25, 0.3) is 0 Å². The van der Waals surface area contributed by atoms with Gasteiger partial charge in [-0.3, -0.25) is 4.79 Å². The van der Waals surface area contributed by atoms with E-state index in [-0.39, 0.29) is 11.8 Å². The van der Waals surface area contributed by atoms with Gasteiger partial charge in [-0.15, -0.1) is 0 Å². The van der Waals surface area contributed by atoms with E-state index < -0.39 is 0 Å². The fraction of sp³-hybridized carbons (Fsp3) is 0.200. The van der Waals surface area contributed by atoms with Crippen molar-refractivity contribution in [3.8, 4) is 5.69 Å². The van der Waals surface area contributed by atoms with Gasteiger partial charge in [0.1, 0.15) is 0 Å². The molecule has 0 unspecified atom stereocenters. The van der Waals surface area contributed by atoms with Crippen molar-refractivity contribution < 1.29 is 14.3 Å². The predicted molar refractivity (Wildman–Crippen MR) is 116 cm³/mol. The van der Waals surface area contributed by atoms with Crippen molar-refractivity contribution in [3.63, 3.8) is 0 Å². The standard InChI is InChI=1S/C25H25NO3/c1-5-29-25(28)21-10-13-23(14-11-21)26-18(3)16-22(19(26)4)12-15-24(27)20-8-6-17(2)7-9-20/h6-16H,5H2,1-4H3/b15-12+. The highest BCUT2D eigenvalue weighted by Gasteiger charge is 2.11. The lowest BCUT2D eigenvalue weighted by Crippen LogP contribution is -2.05. The summed E-state index contributed by atoms with van der Waals surface area (Å²) in [5.41, 5.74) is 6.35. The molecule has 0 aliphatic rings. The number of allylic oxidation sites excluding steroid dienone is 1. The van der Waals surface area contributed by atoms with Crippen LogP contribution in [0.25, 0.3) is 11.8 Å². The number of carbonyl (C=O) groups is 2. The van der Waals surface area contributed by atoms with Gasteiger partial charge < -0.3 is 9.30 Å². The third-order valence-corrected chi connectivity index (χ3v) is 4.86. The molecule has 0 fully saturated rings. The minimum atomic E-state index is -0.321. The Morgan fingerprint density at radius 1 is 0.931 bits per heavy atom. The van der Waals surface area contributed by atoms with Gasteiger partial charge in [0.05, 0.1) is 12.2 Å². The first kappa shape index (κ1) is 20.3. The number of rotatable bonds is 6. The van der Waals surface area contributed by atoms with Gasteiger partial charge in [0.15, 0.2) is 5.78 Å². The van der Waals surface area contributed by atoms with Crippen molar-refractivity contribution in [3.05, 3.63) is 94.3 Å². The highest BCUT2D eigenvalue weighted by Crippen LogP contribution is 2.22. The average molecular weight is 387 g/mol. The van der Waals surface area contributed by atoms with Crippen LogP contribution in [0.15, 0.2) is 60.7 Å². The molecule has 3 rings (SSSR count). The maximum absolute atomic E-state index is 12.4. The first-order valence-corrected chi connectivity index (χ1v) is 9.66. The van der Waals surface area contributed by atoms with Crippen molar-refractivity contribution >= 4 is 17.8 Å². The van der Waals surface area contributed by atoms with Crippen LogP contribution in [0, 0.1) is 20.8 Å². The van der Waals surface area contributed by atoms with Crippen LogP contribution < -0.4 is 0 Å². The number of carbonyl (C=O) groups excluding carboxylic acids is 2. The van der Waals surface area contributed by atoms with Crippen molar-refractivity contribution in [2.24, 2.45) is 0 Å². The molecule has 4 nitrogen and oxygen atoms in total. The summed E-state index contributed by atoms with van der Waals surface area (Å²) in [4.78, 5) is 24.3. The first-order valence-electron chi connectivity index (χ1n) is 9.66. The van der Waals surface area contributed by atoms with E-state index in [9.17, 15) is 9.59 Å². The molecule has 0 bridgehead atoms. The summed E-state index contributed by atoms with van der Waals surface area (Å²) in [6, 6.07) is 16.9. The molecule has 0 spiro atoms. The molecule has 1 aromatic heterocycles. The van der Waals surface area contributed by atoms with Crippen LogP contribution in [0.3, 0.4) is 0 Å². The number of benzene rings is 2. The van der Waals surface area contributed by atoms with Gasteiger partial charge in [-0.2, -0.15) is 0 Å². The molecule has 0 amide bonds. The lowest BCUT2D eigenvalue weighted by molar-refractivity contribution is 0.0526. The van der Waals surface area contributed by atoms with Crippen LogP contribution in [0.1, 0.15) is 50.2 Å². The Kier molecular flexibility index (Phi) is 6.13. The van der Waals surface area contributed by atoms with Crippen LogP contribution in [-0.2, 0) is 4.74 Å². The molecule has 0 saturated heterocycles. The lowest BCUT2D eigenvalue weighted by atomic mass is 10.1. The molecule has 0 aliphatic carbocycles. The molecular formula is C25H25NO3. The molecule has 0 atom stereocenters. The Morgan fingerprint density at radius 3 is 2.17 bits per heavy atom. The number of esters is 1. The second-order valence-electron chi connectivity index (χ2n) is 6.99. The molecule has 148 valence electrons. The summed E-state index contributed by atoms with van der Waals surface area (Å²) in [5, 5.41) is 0. The number of ether oxygens (including phenoxy) is 1. The van der Waals surface area contributed by atoms with Crippen LogP contribution in [0.2, 0.25) is 0 Å². The highest BCUT2D eigenvalue weighted by molar-refractivity contribution is 6.06. The molecule has 3 aromatic rings. The second kappa shape index (κ2) is 8.74. The minimum absolute atomic E-state index is 0.0198. The molecule has 1 heterocycles. The normalized spacial score (nSPS) is 11.0. The molecule has 4 heteroatoms. The zero-order valence-electron chi connectivity index (χ0n) is 17.2. The molecule has 0 N–H and O–H groups in total. The van der Waals surface area contributed by atoms with Crippen molar-refractivity contribution in [2.75, 3.05) is 6.61 Å². The van der Waals surface area contributed by atoms with E-state index in [0.29, 0.717) is 17.7 Å². The Balaban J connectivity index is 1.84. The highest BCUT2D eigenvalue weighted by atomic mass is 16.5. The summed E-state index contributed by atoms with van der Waals surface area (Å²) in [6.45, 7) is 8.18. The van der Waals surface area contributed by atoms with E-state index in [1.807, 2.05) is 69.3 Å². The van der Waals surface area contributed by atoms with Gasteiger partial charge in [-0.25, -0.2) is 4.79 Å². The zero-order chi connectivity index (χ0) is 21.0. The quantitative estimate of drug-likeness (QED) is 0.320. The van der Waals surface area contributed by atoms with Gasteiger partial charge in [0, 0.05) is 22.6 Å². The van der Waals surface area contributed by atoms with Gasteiger partial charge >= 0.3 is 5.97 Å². The van der Waals surface area contributed by atoms with Crippen LogP contribution in [-0.4, -0.2) is 22.9 Å². The monoisotopic (exact) mass is 387 g/mol. The Bertz CT molecular complexity index is 1050. The molecule has 0 radical (unpaired) electrons.